The van der Waals surface area contributed by atoms with Gasteiger partial charge in [-0.05, 0) is 55.2 Å². The molecule has 0 bridgehead atoms. The van der Waals surface area contributed by atoms with Crippen molar-refractivity contribution in [2.45, 2.75) is 52.6 Å². The molecule has 0 spiro atoms. The van der Waals surface area contributed by atoms with Crippen molar-refractivity contribution >= 4 is 0 Å². The predicted molar refractivity (Wildman–Crippen MR) is 71.8 cm³/mol. The highest BCUT2D eigenvalue weighted by Crippen LogP contribution is 2.28. The predicted octanol–water partition coefficient (Wildman–Crippen LogP) is 3.30. The zero-order valence-electron chi connectivity index (χ0n) is 11.2. The average Bonchev–Trinajstić information content (AvgIpc) is 2.30. The number of nitrogens with one attached hydrogen (secondary N) is 1. The third kappa shape index (κ3) is 3.29. The van der Waals surface area contributed by atoms with E-state index in [-0.39, 0.29) is 0 Å². The molecule has 17 heavy (non-hydrogen) atoms. The fraction of sp³-hybridized carbons (Fsp3) is 0.667. The average molecular weight is 232 g/mol. The van der Waals surface area contributed by atoms with Crippen molar-refractivity contribution < 1.29 is 0 Å². The first kappa shape index (κ1) is 12.6. The van der Waals surface area contributed by atoms with Crippen molar-refractivity contribution in [3.63, 3.8) is 0 Å². The molecule has 0 radical (unpaired) electrons. The monoisotopic (exact) mass is 232 g/mol. The lowest BCUT2D eigenvalue weighted by molar-refractivity contribution is 0.227. The molecule has 2 nitrogen and oxygen atoms in total. The minimum Gasteiger partial charge on any atom is -0.310 e. The van der Waals surface area contributed by atoms with Gasteiger partial charge in [-0.25, -0.2) is 0 Å². The van der Waals surface area contributed by atoms with Crippen molar-refractivity contribution in [3.8, 4) is 0 Å². The van der Waals surface area contributed by atoms with Gasteiger partial charge in [-0.2, -0.15) is 0 Å². The molecule has 0 amide bonds. The number of rotatable bonds is 3. The molecule has 1 aliphatic carbocycles. The Morgan fingerprint density at radius 2 is 2.18 bits per heavy atom. The molecule has 1 saturated carbocycles. The van der Waals surface area contributed by atoms with Gasteiger partial charge < -0.3 is 5.32 Å². The van der Waals surface area contributed by atoms with Crippen LogP contribution in [0.4, 0.5) is 0 Å². The van der Waals surface area contributed by atoms with E-state index in [9.17, 15) is 0 Å². The summed E-state index contributed by atoms with van der Waals surface area (Å²) in [6, 6.07) is 2.82. The summed E-state index contributed by atoms with van der Waals surface area (Å²) in [6.45, 7) is 7.88. The van der Waals surface area contributed by atoms with Crippen molar-refractivity contribution in [1.29, 1.82) is 0 Å². The van der Waals surface area contributed by atoms with Gasteiger partial charge in [0, 0.05) is 25.0 Å². The van der Waals surface area contributed by atoms with Crippen LogP contribution in [-0.2, 0) is 6.54 Å². The minimum atomic E-state index is 0.693. The second kappa shape index (κ2) is 5.63. The second-order valence-electron chi connectivity index (χ2n) is 5.69. The van der Waals surface area contributed by atoms with Crippen LogP contribution in [0, 0.1) is 18.8 Å². The molecule has 0 saturated heterocycles. The Kier molecular flexibility index (Phi) is 4.16. The second-order valence-corrected chi connectivity index (χ2v) is 5.69. The zero-order chi connectivity index (χ0) is 12.3. The number of aromatic nitrogens is 1. The topological polar surface area (TPSA) is 24.9 Å². The van der Waals surface area contributed by atoms with Gasteiger partial charge in [-0.15, -0.1) is 0 Å². The SMILES string of the molecule is Cc1cnccc1CNC1CCC(C)CC1C. The molecule has 3 atom stereocenters. The summed E-state index contributed by atoms with van der Waals surface area (Å²) in [5.41, 5.74) is 2.67. The summed E-state index contributed by atoms with van der Waals surface area (Å²) < 4.78 is 0. The highest BCUT2D eigenvalue weighted by atomic mass is 14.9. The lowest BCUT2D eigenvalue weighted by Crippen LogP contribution is -2.38. The third-order valence-electron chi connectivity index (χ3n) is 4.12. The fourth-order valence-corrected chi connectivity index (χ4v) is 2.91. The molecule has 1 N–H and O–H groups in total. The Bertz CT molecular complexity index is 362. The van der Waals surface area contributed by atoms with Gasteiger partial charge in [0.1, 0.15) is 0 Å². The summed E-state index contributed by atoms with van der Waals surface area (Å²) in [7, 11) is 0. The first-order valence-electron chi connectivity index (χ1n) is 6.79. The molecule has 94 valence electrons. The quantitative estimate of drug-likeness (QED) is 0.865. The maximum atomic E-state index is 4.14. The first-order valence-corrected chi connectivity index (χ1v) is 6.79. The van der Waals surface area contributed by atoms with E-state index in [2.05, 4.69) is 37.1 Å². The molecule has 0 aliphatic heterocycles. The summed E-state index contributed by atoms with van der Waals surface area (Å²) in [6.07, 6.45) is 7.90. The molecule has 1 heterocycles. The van der Waals surface area contributed by atoms with Crippen LogP contribution in [0.2, 0.25) is 0 Å². The van der Waals surface area contributed by atoms with Crippen LogP contribution in [0.15, 0.2) is 18.5 Å². The Morgan fingerprint density at radius 1 is 1.35 bits per heavy atom. The standard InChI is InChI=1S/C15H24N2/c1-11-4-5-15(12(2)8-11)17-10-14-6-7-16-9-13(14)3/h6-7,9,11-12,15,17H,4-5,8,10H2,1-3H3. The van der Waals surface area contributed by atoms with Crippen molar-refractivity contribution in [2.75, 3.05) is 0 Å². The minimum absolute atomic E-state index is 0.693. The number of nitrogens with zero attached hydrogens (tertiary/aromatic N) is 1. The summed E-state index contributed by atoms with van der Waals surface area (Å²) in [5.74, 6) is 1.71. The third-order valence-corrected chi connectivity index (χ3v) is 4.12. The van der Waals surface area contributed by atoms with Crippen LogP contribution in [-0.4, -0.2) is 11.0 Å². The molecule has 1 aliphatic rings. The van der Waals surface area contributed by atoms with E-state index in [4.69, 9.17) is 0 Å². The normalized spacial score (nSPS) is 29.2. The zero-order valence-corrected chi connectivity index (χ0v) is 11.2. The van der Waals surface area contributed by atoms with Crippen LogP contribution in [0.5, 0.6) is 0 Å². The van der Waals surface area contributed by atoms with E-state index in [1.165, 1.54) is 30.4 Å². The number of pyridine rings is 1. The largest absolute Gasteiger partial charge is 0.310 e. The smallest absolute Gasteiger partial charge is 0.0300 e. The fourth-order valence-electron chi connectivity index (χ4n) is 2.91. The Hall–Kier alpha value is -0.890. The molecule has 1 aromatic heterocycles. The van der Waals surface area contributed by atoms with Gasteiger partial charge >= 0.3 is 0 Å². The summed E-state index contributed by atoms with van der Waals surface area (Å²) in [5, 5.41) is 3.72. The van der Waals surface area contributed by atoms with E-state index >= 15 is 0 Å². The van der Waals surface area contributed by atoms with Crippen LogP contribution in [0.25, 0.3) is 0 Å². The van der Waals surface area contributed by atoms with E-state index < -0.39 is 0 Å². The van der Waals surface area contributed by atoms with Gasteiger partial charge in [-0.1, -0.05) is 13.8 Å². The van der Waals surface area contributed by atoms with Gasteiger partial charge in [0.25, 0.3) is 0 Å². The number of hydrogen-bond acceptors (Lipinski definition) is 2. The number of aryl methyl sites for hydroxylation is 1. The Labute approximate surface area is 105 Å². The first-order chi connectivity index (χ1) is 8.16. The van der Waals surface area contributed by atoms with E-state index in [1.807, 2.05) is 12.4 Å². The van der Waals surface area contributed by atoms with Crippen LogP contribution in [0.3, 0.4) is 0 Å². The lowest BCUT2D eigenvalue weighted by atomic mass is 9.80. The van der Waals surface area contributed by atoms with Crippen LogP contribution < -0.4 is 5.32 Å². The van der Waals surface area contributed by atoms with Crippen molar-refractivity contribution in [1.82, 2.24) is 10.3 Å². The molecule has 0 aromatic carbocycles. The van der Waals surface area contributed by atoms with E-state index in [1.54, 1.807) is 0 Å². The van der Waals surface area contributed by atoms with Gasteiger partial charge in [0.15, 0.2) is 0 Å². The number of hydrogen-bond donors (Lipinski definition) is 1. The molecular weight excluding hydrogens is 208 g/mol. The van der Waals surface area contributed by atoms with Gasteiger partial charge in [0.05, 0.1) is 0 Å². The lowest BCUT2D eigenvalue weighted by Gasteiger charge is -2.33. The Balaban J connectivity index is 1.88. The van der Waals surface area contributed by atoms with Crippen LogP contribution in [0.1, 0.15) is 44.2 Å². The summed E-state index contributed by atoms with van der Waals surface area (Å²) >= 11 is 0. The highest BCUT2D eigenvalue weighted by Gasteiger charge is 2.24. The molecule has 2 heteroatoms. The molecule has 3 unspecified atom stereocenters. The molecular formula is C15H24N2. The van der Waals surface area contributed by atoms with Gasteiger partial charge in [0.2, 0.25) is 0 Å². The molecule has 1 aromatic rings. The summed E-state index contributed by atoms with van der Waals surface area (Å²) in [4.78, 5) is 4.14. The maximum Gasteiger partial charge on any atom is 0.0300 e. The van der Waals surface area contributed by atoms with Crippen molar-refractivity contribution in [2.24, 2.45) is 11.8 Å². The molecule has 2 rings (SSSR count). The van der Waals surface area contributed by atoms with Gasteiger partial charge in [-0.3, -0.25) is 4.98 Å². The van der Waals surface area contributed by atoms with Crippen molar-refractivity contribution in [3.05, 3.63) is 29.6 Å². The maximum absolute atomic E-state index is 4.14. The highest BCUT2D eigenvalue weighted by molar-refractivity contribution is 5.21. The van der Waals surface area contributed by atoms with Crippen LogP contribution >= 0.6 is 0 Å². The Morgan fingerprint density at radius 3 is 2.88 bits per heavy atom. The van der Waals surface area contributed by atoms with E-state index in [0.29, 0.717) is 6.04 Å². The molecule has 1 fully saturated rings. The van der Waals surface area contributed by atoms with E-state index in [0.717, 1.165) is 18.4 Å².